The molecule has 0 N–H and O–H groups in total. The summed E-state index contributed by atoms with van der Waals surface area (Å²) in [7, 11) is 2.21. The molecule has 10 heteroatoms. The molecule has 2 saturated heterocycles. The molecule has 1 aromatic carbocycles. The average molecular weight is 641 g/mol. The van der Waals surface area contributed by atoms with Crippen molar-refractivity contribution in [2.45, 2.75) is 101 Å². The topological polar surface area (TPSA) is 107 Å². The van der Waals surface area contributed by atoms with E-state index in [4.69, 9.17) is 28.1 Å². The van der Waals surface area contributed by atoms with Gasteiger partial charge in [0, 0.05) is 24.5 Å². The first-order chi connectivity index (χ1) is 21.1. The fourth-order valence-corrected chi connectivity index (χ4v) is 15.3. The first-order valence-electron chi connectivity index (χ1n) is 15.8. The van der Waals surface area contributed by atoms with E-state index in [1.807, 2.05) is 18.2 Å². The van der Waals surface area contributed by atoms with Crippen molar-refractivity contribution in [1.82, 2.24) is 0 Å². The van der Waals surface area contributed by atoms with Crippen LogP contribution in [-0.2, 0) is 42.5 Å². The monoisotopic (exact) mass is 640 g/mol. The third-order valence-corrected chi connectivity index (χ3v) is 17.4. The summed E-state index contributed by atoms with van der Waals surface area (Å²) in [6, 6.07) is 10.9. The minimum absolute atomic E-state index is 0.0401. The molecule has 1 aromatic rings. The third kappa shape index (κ3) is 4.69. The van der Waals surface area contributed by atoms with Gasteiger partial charge >= 0.3 is 17.9 Å². The van der Waals surface area contributed by atoms with Crippen molar-refractivity contribution in [2.75, 3.05) is 28.4 Å². The number of rotatable bonds is 5. The van der Waals surface area contributed by atoms with Crippen LogP contribution in [0.2, 0.25) is 16.1 Å². The number of carbonyl (C=O) groups is 3. The highest BCUT2D eigenvalue weighted by Gasteiger charge is 2.75. The Morgan fingerprint density at radius 2 is 1.40 bits per heavy atom. The van der Waals surface area contributed by atoms with Crippen molar-refractivity contribution >= 4 is 26.2 Å². The van der Waals surface area contributed by atoms with Crippen LogP contribution in [0.4, 0.5) is 0 Å². The van der Waals surface area contributed by atoms with E-state index in [-0.39, 0.29) is 38.8 Å². The maximum atomic E-state index is 13.9. The van der Waals surface area contributed by atoms with E-state index in [9.17, 15) is 14.4 Å². The largest absolute Gasteiger partial charge is 0.465 e. The molecular formula is C35H48O9Si. The van der Waals surface area contributed by atoms with Gasteiger partial charge in [0.2, 0.25) is 14.1 Å². The fourth-order valence-electron chi connectivity index (χ4n) is 9.13. The Labute approximate surface area is 267 Å². The van der Waals surface area contributed by atoms with Gasteiger partial charge in [0.15, 0.2) is 0 Å². The normalized spacial score (nSPS) is 31.0. The second-order valence-electron chi connectivity index (χ2n) is 14.8. The van der Waals surface area contributed by atoms with Gasteiger partial charge in [0.1, 0.15) is 5.57 Å². The Hall–Kier alpha value is -2.79. The highest BCUT2D eigenvalue weighted by atomic mass is 28.4. The quantitative estimate of drug-likeness (QED) is 0.207. The Balaban J connectivity index is 1.93. The van der Waals surface area contributed by atoms with Gasteiger partial charge in [-0.3, -0.25) is 0 Å². The summed E-state index contributed by atoms with van der Waals surface area (Å²) in [6.07, 6.45) is 3.04. The van der Waals surface area contributed by atoms with E-state index in [0.29, 0.717) is 18.0 Å². The highest BCUT2D eigenvalue weighted by Crippen LogP contribution is 2.71. The Morgan fingerprint density at radius 3 is 1.93 bits per heavy atom. The van der Waals surface area contributed by atoms with Gasteiger partial charge in [-0.25, -0.2) is 14.4 Å². The Bertz CT molecular complexity index is 1420. The molecule has 4 aliphatic rings. The fraction of sp³-hybridized carbons (Fsp3) is 0.629. The molecule has 2 aliphatic heterocycles. The lowest BCUT2D eigenvalue weighted by atomic mass is 9.64. The number of hydrogen-bond acceptors (Lipinski definition) is 9. The van der Waals surface area contributed by atoms with Gasteiger partial charge in [0.25, 0.3) is 0 Å². The summed E-state index contributed by atoms with van der Waals surface area (Å²) in [5.74, 6) is -4.88. The highest BCUT2D eigenvalue weighted by molar-refractivity contribution is 6.79. The molecule has 0 amide bonds. The number of benzene rings is 1. The van der Waals surface area contributed by atoms with Gasteiger partial charge in [-0.15, -0.1) is 0 Å². The molecule has 1 saturated carbocycles. The molecule has 0 unspecified atom stereocenters. The molecule has 0 radical (unpaired) electrons. The van der Waals surface area contributed by atoms with Crippen LogP contribution in [0, 0.1) is 11.8 Å². The predicted octanol–water partition coefficient (Wildman–Crippen LogP) is 6.35. The first-order valence-corrected chi connectivity index (χ1v) is 17.9. The maximum absolute atomic E-state index is 13.9. The number of hydrogen-bond donors (Lipinski definition) is 0. The van der Waals surface area contributed by atoms with Crippen LogP contribution in [0.15, 0.2) is 52.6 Å². The van der Waals surface area contributed by atoms with Crippen molar-refractivity contribution in [1.29, 1.82) is 0 Å². The summed E-state index contributed by atoms with van der Waals surface area (Å²) in [4.78, 5) is 41.1. The minimum Gasteiger partial charge on any atom is -0.465 e. The standard InChI is InChI=1S/C35H48O9Si/c1-32(2,3)45(33(4,5)6)20-23-26-24(29(36)39-7)25(30(37)40-8)27(31(38)41-9)35(26,42-10)44-34(23)19-15-14-18-22(34)28(43-45)21-16-12-11-13-17-21/h11-13,16-17,22-23,28H,14-15,18-20H2,1-10H3/t22-,23-,28-,34+,35-/m1/s1. The molecule has 2 aliphatic carbocycles. The molecule has 5 rings (SSSR count). The van der Waals surface area contributed by atoms with E-state index in [1.165, 1.54) is 28.4 Å². The maximum Gasteiger partial charge on any atom is 0.340 e. The van der Waals surface area contributed by atoms with Gasteiger partial charge in [0.05, 0.1) is 44.2 Å². The van der Waals surface area contributed by atoms with Crippen molar-refractivity contribution < 1.29 is 42.5 Å². The predicted molar refractivity (Wildman–Crippen MR) is 169 cm³/mol. The van der Waals surface area contributed by atoms with Crippen LogP contribution in [0.1, 0.15) is 78.9 Å². The molecule has 5 atom stereocenters. The Morgan fingerprint density at radius 1 is 0.822 bits per heavy atom. The summed E-state index contributed by atoms with van der Waals surface area (Å²) in [5, 5.41) is -0.528. The molecule has 0 bridgehead atoms. The summed E-state index contributed by atoms with van der Waals surface area (Å²) >= 11 is 0. The number of methoxy groups -OCH3 is 4. The molecule has 9 nitrogen and oxygen atoms in total. The Kier molecular flexibility index (Phi) is 8.56. The number of esters is 3. The molecule has 45 heavy (non-hydrogen) atoms. The molecule has 2 heterocycles. The van der Waals surface area contributed by atoms with Crippen LogP contribution in [0.25, 0.3) is 0 Å². The molecule has 0 aromatic heterocycles. The number of fused-ring (bicyclic) bond motifs is 2. The van der Waals surface area contributed by atoms with Crippen LogP contribution in [0.5, 0.6) is 0 Å². The lowest BCUT2D eigenvalue weighted by Gasteiger charge is -2.52. The summed E-state index contributed by atoms with van der Waals surface area (Å²) < 4.78 is 37.1. The second kappa shape index (κ2) is 11.5. The minimum atomic E-state index is -2.93. The van der Waals surface area contributed by atoms with E-state index in [1.54, 1.807) is 0 Å². The van der Waals surface area contributed by atoms with Crippen molar-refractivity contribution in [3.05, 3.63) is 58.2 Å². The van der Waals surface area contributed by atoms with Crippen molar-refractivity contribution in [3.63, 3.8) is 0 Å². The van der Waals surface area contributed by atoms with Crippen LogP contribution in [-0.4, -0.2) is 66.1 Å². The van der Waals surface area contributed by atoms with Gasteiger partial charge in [-0.2, -0.15) is 0 Å². The lowest BCUT2D eigenvalue weighted by Crippen LogP contribution is -2.56. The van der Waals surface area contributed by atoms with Crippen LogP contribution in [0.3, 0.4) is 0 Å². The summed E-state index contributed by atoms with van der Waals surface area (Å²) in [6.45, 7) is 13.5. The molecule has 3 fully saturated rings. The van der Waals surface area contributed by atoms with E-state index < -0.39 is 43.5 Å². The van der Waals surface area contributed by atoms with Crippen molar-refractivity contribution in [3.8, 4) is 0 Å². The molecular weight excluding hydrogens is 592 g/mol. The molecule has 246 valence electrons. The zero-order valence-electron chi connectivity index (χ0n) is 28.3. The zero-order valence-corrected chi connectivity index (χ0v) is 29.3. The van der Waals surface area contributed by atoms with Crippen LogP contribution >= 0.6 is 0 Å². The van der Waals surface area contributed by atoms with E-state index in [2.05, 4.69) is 53.7 Å². The third-order valence-electron chi connectivity index (χ3n) is 10.9. The average Bonchev–Trinajstić information content (AvgIpc) is 3.38. The molecule has 1 spiro atoms. The second-order valence-corrected chi connectivity index (χ2v) is 20.1. The van der Waals surface area contributed by atoms with Crippen LogP contribution < -0.4 is 0 Å². The van der Waals surface area contributed by atoms with E-state index in [0.717, 1.165) is 24.8 Å². The lowest BCUT2D eigenvalue weighted by molar-refractivity contribution is -0.239. The number of ether oxygens (including phenoxy) is 5. The smallest absolute Gasteiger partial charge is 0.340 e. The van der Waals surface area contributed by atoms with Gasteiger partial charge in [-0.1, -0.05) is 84.7 Å². The van der Waals surface area contributed by atoms with Gasteiger partial charge in [-0.05, 0) is 34.5 Å². The summed E-state index contributed by atoms with van der Waals surface area (Å²) in [5.41, 5.74) is 0.170. The SMILES string of the molecule is COC(=O)C1=C(C(=O)OC)[C@]2(OC)O[C@@]34CCCC[C@@H]3[C@@H](c3ccccc3)O[Si](C(C)(C)C)(C(C)(C)C)C[C@@H]4C2=C1C(=O)OC. The zero-order chi connectivity index (χ0) is 33.2. The number of carbonyl (C=O) groups excluding carboxylic acids is 3. The van der Waals surface area contributed by atoms with Gasteiger partial charge < -0.3 is 28.1 Å². The van der Waals surface area contributed by atoms with Crippen molar-refractivity contribution in [2.24, 2.45) is 11.8 Å². The first kappa shape index (κ1) is 33.6. The van der Waals surface area contributed by atoms with E-state index >= 15 is 0 Å².